The molecule has 3 N–H and O–H groups in total. The lowest BCUT2D eigenvalue weighted by Gasteiger charge is -2.44. The van der Waals surface area contributed by atoms with Crippen LogP contribution in [-0.2, 0) is 9.53 Å². The van der Waals surface area contributed by atoms with Gasteiger partial charge in [-0.3, -0.25) is 4.79 Å². The summed E-state index contributed by atoms with van der Waals surface area (Å²) in [5.41, 5.74) is 5.14. The molecule has 1 atom stereocenters. The molecule has 1 fully saturated rings. The third-order valence-corrected chi connectivity index (χ3v) is 4.03. The van der Waals surface area contributed by atoms with Gasteiger partial charge >= 0.3 is 0 Å². The highest BCUT2D eigenvalue weighted by atomic mass is 32.1. The van der Waals surface area contributed by atoms with Gasteiger partial charge in [-0.05, 0) is 25.2 Å². The molecule has 0 aromatic heterocycles. The minimum absolute atomic E-state index is 0.0244. The van der Waals surface area contributed by atoms with Crippen LogP contribution in [0.5, 0.6) is 0 Å². The number of carbonyl (C=O) groups is 1. The Morgan fingerprint density at radius 2 is 2.22 bits per heavy atom. The molecule has 0 bridgehead atoms. The topological polar surface area (TPSA) is 64.3 Å². The number of nitrogens with one attached hydrogen (secondary N) is 1. The van der Waals surface area contributed by atoms with Gasteiger partial charge in [0.15, 0.2) is 0 Å². The second-order valence-corrected chi connectivity index (χ2v) is 5.81. The molecule has 5 heteroatoms. The van der Waals surface area contributed by atoms with Gasteiger partial charge < -0.3 is 15.8 Å². The molecule has 0 aromatic carbocycles. The Morgan fingerprint density at radius 1 is 1.61 bits per heavy atom. The van der Waals surface area contributed by atoms with Crippen molar-refractivity contribution in [1.29, 1.82) is 0 Å². The van der Waals surface area contributed by atoms with Crippen LogP contribution in [0.25, 0.3) is 0 Å². The van der Waals surface area contributed by atoms with Crippen molar-refractivity contribution in [2.75, 3.05) is 13.7 Å². The van der Waals surface area contributed by atoms with Crippen molar-refractivity contribution >= 4 is 23.1 Å². The molecule has 1 saturated carbocycles. The van der Waals surface area contributed by atoms with Crippen molar-refractivity contribution < 1.29 is 9.53 Å². The van der Waals surface area contributed by atoms with Crippen LogP contribution in [0, 0.1) is 11.3 Å². The molecule has 1 aliphatic carbocycles. The van der Waals surface area contributed by atoms with Crippen LogP contribution in [0.4, 0.5) is 0 Å². The van der Waals surface area contributed by atoms with Crippen molar-refractivity contribution in [2.24, 2.45) is 17.1 Å². The average Bonchev–Trinajstić information content (AvgIpc) is 2.24. The van der Waals surface area contributed by atoms with Gasteiger partial charge in [0.05, 0.1) is 23.1 Å². The Morgan fingerprint density at radius 3 is 2.61 bits per heavy atom. The van der Waals surface area contributed by atoms with E-state index >= 15 is 0 Å². The number of thiocarbonyl (C=S) groups is 1. The predicted molar refractivity (Wildman–Crippen MR) is 76.3 cm³/mol. The molecule has 0 saturated heterocycles. The van der Waals surface area contributed by atoms with E-state index in [1.807, 2.05) is 0 Å². The number of carbonyl (C=O) groups excluding carboxylic acids is 1. The molecule has 1 unspecified atom stereocenters. The van der Waals surface area contributed by atoms with Crippen LogP contribution in [0.1, 0.15) is 39.5 Å². The highest BCUT2D eigenvalue weighted by Gasteiger charge is 2.51. The summed E-state index contributed by atoms with van der Waals surface area (Å²) in [6.07, 6.45) is 3.44. The van der Waals surface area contributed by atoms with E-state index in [1.54, 1.807) is 7.11 Å². The smallest absolute Gasteiger partial charge is 0.233 e. The fourth-order valence-electron chi connectivity index (χ4n) is 2.70. The molecule has 18 heavy (non-hydrogen) atoms. The summed E-state index contributed by atoms with van der Waals surface area (Å²) in [5, 5.41) is 3.03. The van der Waals surface area contributed by atoms with Crippen molar-refractivity contribution in [1.82, 2.24) is 5.32 Å². The zero-order valence-electron chi connectivity index (χ0n) is 11.5. The Labute approximate surface area is 115 Å². The van der Waals surface area contributed by atoms with Crippen LogP contribution < -0.4 is 11.1 Å². The lowest BCUT2D eigenvalue weighted by molar-refractivity contribution is -0.134. The first-order valence-electron chi connectivity index (χ1n) is 6.56. The van der Waals surface area contributed by atoms with Gasteiger partial charge in [0, 0.05) is 7.11 Å². The summed E-state index contributed by atoms with van der Waals surface area (Å²) in [7, 11) is 1.64. The second kappa shape index (κ2) is 6.48. The number of nitrogens with two attached hydrogens (primary N) is 1. The van der Waals surface area contributed by atoms with Crippen molar-refractivity contribution in [3.8, 4) is 0 Å². The third-order valence-electron chi connectivity index (χ3n) is 3.64. The molecule has 1 aliphatic rings. The van der Waals surface area contributed by atoms with Crippen LogP contribution in [0.3, 0.4) is 0 Å². The van der Waals surface area contributed by atoms with Crippen molar-refractivity contribution in [3.05, 3.63) is 0 Å². The third kappa shape index (κ3) is 3.20. The van der Waals surface area contributed by atoms with E-state index in [0.717, 1.165) is 25.7 Å². The number of amides is 1. The summed E-state index contributed by atoms with van der Waals surface area (Å²) in [4.78, 5) is 12.7. The molecular formula is C13H24N2O2S. The molecule has 104 valence electrons. The van der Waals surface area contributed by atoms with Gasteiger partial charge in [-0.15, -0.1) is 0 Å². The quantitative estimate of drug-likeness (QED) is 0.691. The SMILES string of the molecule is CCCC(COC)NC(=O)C1(C(N)=S)CC(C)C1. The molecule has 1 amide bonds. The van der Waals surface area contributed by atoms with Crippen molar-refractivity contribution in [2.45, 2.75) is 45.6 Å². The van der Waals surface area contributed by atoms with E-state index in [4.69, 9.17) is 22.7 Å². The summed E-state index contributed by atoms with van der Waals surface area (Å²) in [6.45, 7) is 4.73. The first-order chi connectivity index (χ1) is 8.46. The van der Waals surface area contributed by atoms with Gasteiger partial charge in [-0.25, -0.2) is 0 Å². The van der Waals surface area contributed by atoms with Gasteiger partial charge in [0.2, 0.25) is 5.91 Å². The molecule has 0 aliphatic heterocycles. The summed E-state index contributed by atoms with van der Waals surface area (Å²) in [6, 6.07) is 0.0506. The Kier molecular flexibility index (Phi) is 5.53. The van der Waals surface area contributed by atoms with E-state index in [-0.39, 0.29) is 11.9 Å². The standard InChI is InChI=1S/C13H24N2O2S/c1-4-5-10(8-17-3)15-12(16)13(11(14)18)6-9(2)7-13/h9-10H,4-8H2,1-3H3,(H2,14,18)(H,15,16). The number of rotatable bonds is 7. The minimum Gasteiger partial charge on any atom is -0.392 e. The monoisotopic (exact) mass is 272 g/mol. The first kappa shape index (κ1) is 15.4. The van der Waals surface area contributed by atoms with Crippen LogP contribution in [0.15, 0.2) is 0 Å². The molecule has 0 radical (unpaired) electrons. The largest absolute Gasteiger partial charge is 0.392 e. The van der Waals surface area contributed by atoms with E-state index in [0.29, 0.717) is 17.5 Å². The Hall–Kier alpha value is -0.680. The number of ether oxygens (including phenoxy) is 1. The molecular weight excluding hydrogens is 248 g/mol. The average molecular weight is 272 g/mol. The van der Waals surface area contributed by atoms with Crippen LogP contribution in [-0.4, -0.2) is 30.7 Å². The van der Waals surface area contributed by atoms with Gasteiger partial charge in [0.1, 0.15) is 0 Å². The lowest BCUT2D eigenvalue weighted by atomic mass is 9.62. The highest BCUT2D eigenvalue weighted by molar-refractivity contribution is 7.80. The second-order valence-electron chi connectivity index (χ2n) is 5.37. The maximum Gasteiger partial charge on any atom is 0.233 e. The number of methoxy groups -OCH3 is 1. The Bertz CT molecular complexity index is 308. The molecule has 0 aromatic rings. The fourth-order valence-corrected chi connectivity index (χ4v) is 2.96. The molecule has 0 spiro atoms. The predicted octanol–water partition coefficient (Wildman–Crippen LogP) is 1.62. The van der Waals surface area contributed by atoms with Gasteiger partial charge in [-0.1, -0.05) is 32.5 Å². The number of hydrogen-bond donors (Lipinski definition) is 2. The van der Waals surface area contributed by atoms with E-state index in [9.17, 15) is 4.79 Å². The molecule has 0 heterocycles. The van der Waals surface area contributed by atoms with Crippen molar-refractivity contribution in [3.63, 3.8) is 0 Å². The summed E-state index contributed by atoms with van der Waals surface area (Å²) >= 11 is 5.08. The highest BCUT2D eigenvalue weighted by Crippen LogP contribution is 2.46. The molecule has 4 nitrogen and oxygen atoms in total. The maximum atomic E-state index is 12.4. The zero-order valence-corrected chi connectivity index (χ0v) is 12.3. The summed E-state index contributed by atoms with van der Waals surface area (Å²) < 4.78 is 5.12. The van der Waals surface area contributed by atoms with E-state index in [2.05, 4.69) is 19.2 Å². The number of hydrogen-bond acceptors (Lipinski definition) is 3. The van der Waals surface area contributed by atoms with Crippen LogP contribution in [0.2, 0.25) is 0 Å². The fraction of sp³-hybridized carbons (Fsp3) is 0.846. The Balaban J connectivity index is 2.64. The van der Waals surface area contributed by atoms with Gasteiger partial charge in [-0.2, -0.15) is 0 Å². The molecule has 1 rings (SSSR count). The minimum atomic E-state index is -0.617. The van der Waals surface area contributed by atoms with E-state index in [1.165, 1.54) is 0 Å². The first-order valence-corrected chi connectivity index (χ1v) is 6.97. The van der Waals surface area contributed by atoms with Crippen LogP contribution >= 0.6 is 12.2 Å². The maximum absolute atomic E-state index is 12.4. The summed E-state index contributed by atoms with van der Waals surface area (Å²) in [5.74, 6) is 0.493. The van der Waals surface area contributed by atoms with E-state index < -0.39 is 5.41 Å². The zero-order chi connectivity index (χ0) is 13.8. The van der Waals surface area contributed by atoms with Gasteiger partial charge in [0.25, 0.3) is 0 Å². The normalized spacial score (nSPS) is 28.3. The lowest BCUT2D eigenvalue weighted by Crippen LogP contribution is -2.58.